The van der Waals surface area contributed by atoms with Gasteiger partial charge in [-0.15, -0.1) is 10.2 Å². The Labute approximate surface area is 149 Å². The van der Waals surface area contributed by atoms with Gasteiger partial charge in [0.2, 0.25) is 11.8 Å². The zero-order valence-corrected chi connectivity index (χ0v) is 15.3. The molecule has 0 saturated carbocycles. The second-order valence-electron chi connectivity index (χ2n) is 5.81. The van der Waals surface area contributed by atoms with Crippen molar-refractivity contribution in [3.63, 3.8) is 0 Å². The van der Waals surface area contributed by atoms with Gasteiger partial charge in [-0.25, -0.2) is 0 Å². The molecule has 1 aromatic carbocycles. The Kier molecular flexibility index (Phi) is 4.89. The number of nitrogens with zero attached hydrogens (tertiary/aromatic N) is 4. The van der Waals surface area contributed by atoms with Crippen LogP contribution in [0.25, 0.3) is 11.4 Å². The van der Waals surface area contributed by atoms with Gasteiger partial charge in [-0.3, -0.25) is 10.1 Å². The molecule has 1 amide bonds. The zero-order chi connectivity index (χ0) is 18.0. The molecule has 3 rings (SSSR count). The van der Waals surface area contributed by atoms with Gasteiger partial charge in [0.25, 0.3) is 0 Å². The maximum absolute atomic E-state index is 12.3. The van der Waals surface area contributed by atoms with Gasteiger partial charge in [-0.05, 0) is 20.8 Å². The van der Waals surface area contributed by atoms with Crippen LogP contribution in [0, 0.1) is 13.8 Å². The van der Waals surface area contributed by atoms with Crippen LogP contribution in [0.1, 0.15) is 18.2 Å². The lowest BCUT2D eigenvalue weighted by atomic mass is 10.1. The highest BCUT2D eigenvalue weighted by molar-refractivity contribution is 8.00. The molecule has 0 unspecified atom stereocenters. The van der Waals surface area contributed by atoms with E-state index in [4.69, 9.17) is 4.52 Å². The van der Waals surface area contributed by atoms with Gasteiger partial charge in [0.05, 0.1) is 10.9 Å². The van der Waals surface area contributed by atoms with Crippen LogP contribution in [0.2, 0.25) is 0 Å². The van der Waals surface area contributed by atoms with Crippen molar-refractivity contribution >= 4 is 23.6 Å². The van der Waals surface area contributed by atoms with Gasteiger partial charge < -0.3 is 9.09 Å². The molecule has 1 atom stereocenters. The predicted molar refractivity (Wildman–Crippen MR) is 96.4 cm³/mol. The summed E-state index contributed by atoms with van der Waals surface area (Å²) in [6, 6.07) is 9.76. The molecule has 0 aliphatic rings. The number of amides is 1. The molecule has 25 heavy (non-hydrogen) atoms. The van der Waals surface area contributed by atoms with Crippen molar-refractivity contribution in [3.05, 3.63) is 41.6 Å². The molecule has 1 N–H and O–H groups in total. The molecule has 0 fully saturated rings. The van der Waals surface area contributed by atoms with Gasteiger partial charge in [0.15, 0.2) is 11.0 Å². The van der Waals surface area contributed by atoms with Crippen LogP contribution < -0.4 is 5.32 Å². The third kappa shape index (κ3) is 3.90. The van der Waals surface area contributed by atoms with Gasteiger partial charge in [0, 0.05) is 18.7 Å². The van der Waals surface area contributed by atoms with Gasteiger partial charge in [-0.2, -0.15) is 0 Å². The minimum Gasteiger partial charge on any atom is -0.338 e. The Balaban J connectivity index is 1.70. The largest absolute Gasteiger partial charge is 0.338 e. The first-order chi connectivity index (χ1) is 11.9. The Morgan fingerprint density at radius 1 is 1.24 bits per heavy atom. The van der Waals surface area contributed by atoms with E-state index >= 15 is 0 Å². The average Bonchev–Trinajstić information content (AvgIpc) is 3.15. The van der Waals surface area contributed by atoms with Gasteiger partial charge in [-0.1, -0.05) is 46.7 Å². The molecule has 0 radical (unpaired) electrons. The van der Waals surface area contributed by atoms with Crippen LogP contribution in [0.3, 0.4) is 0 Å². The predicted octanol–water partition coefficient (Wildman–Crippen LogP) is 3.21. The van der Waals surface area contributed by atoms with E-state index in [-0.39, 0.29) is 11.2 Å². The summed E-state index contributed by atoms with van der Waals surface area (Å²) in [5.74, 6) is 0.926. The Morgan fingerprint density at radius 2 is 1.96 bits per heavy atom. The second kappa shape index (κ2) is 7.10. The Bertz CT molecular complexity index is 885. The maximum Gasteiger partial charge on any atom is 0.240 e. The maximum atomic E-state index is 12.3. The Morgan fingerprint density at radius 3 is 2.60 bits per heavy atom. The first-order valence-corrected chi connectivity index (χ1v) is 8.69. The molecular weight excluding hydrogens is 338 g/mol. The molecule has 7 nitrogen and oxygen atoms in total. The number of carbonyl (C=O) groups is 1. The number of aryl methyl sites for hydroxylation is 2. The second-order valence-corrected chi connectivity index (χ2v) is 7.12. The van der Waals surface area contributed by atoms with Crippen molar-refractivity contribution in [3.8, 4) is 11.4 Å². The number of carbonyl (C=O) groups excluding carboxylic acids is 1. The van der Waals surface area contributed by atoms with E-state index in [1.54, 1.807) is 13.0 Å². The number of thioether (sulfide) groups is 1. The van der Waals surface area contributed by atoms with E-state index in [2.05, 4.69) is 20.7 Å². The highest BCUT2D eigenvalue weighted by Crippen LogP contribution is 2.26. The molecule has 8 heteroatoms. The highest BCUT2D eigenvalue weighted by atomic mass is 32.2. The van der Waals surface area contributed by atoms with Crippen LogP contribution in [-0.4, -0.2) is 31.1 Å². The van der Waals surface area contributed by atoms with Crippen LogP contribution in [-0.2, 0) is 11.8 Å². The summed E-state index contributed by atoms with van der Waals surface area (Å²) in [7, 11) is 1.89. The lowest BCUT2D eigenvalue weighted by Crippen LogP contribution is -2.22. The zero-order valence-electron chi connectivity index (χ0n) is 14.5. The number of hydrogen-bond donors (Lipinski definition) is 1. The number of hydrogen-bond acceptors (Lipinski definition) is 6. The van der Waals surface area contributed by atoms with Crippen molar-refractivity contribution in [1.82, 2.24) is 19.9 Å². The number of anilines is 1. The summed E-state index contributed by atoms with van der Waals surface area (Å²) in [4.78, 5) is 12.3. The van der Waals surface area contributed by atoms with Crippen molar-refractivity contribution in [2.45, 2.75) is 31.2 Å². The third-order valence-electron chi connectivity index (χ3n) is 3.67. The number of rotatable bonds is 5. The average molecular weight is 357 g/mol. The van der Waals surface area contributed by atoms with Crippen molar-refractivity contribution < 1.29 is 9.32 Å². The van der Waals surface area contributed by atoms with E-state index in [0.29, 0.717) is 16.7 Å². The minimum atomic E-state index is -0.362. The number of nitrogens with one attached hydrogen (secondary N) is 1. The molecule has 2 aromatic heterocycles. The molecule has 130 valence electrons. The minimum absolute atomic E-state index is 0.180. The van der Waals surface area contributed by atoms with Crippen molar-refractivity contribution in [2.75, 3.05) is 5.32 Å². The quantitative estimate of drug-likeness (QED) is 0.706. The monoisotopic (exact) mass is 357 g/mol. The fourth-order valence-electron chi connectivity index (χ4n) is 2.23. The van der Waals surface area contributed by atoms with E-state index in [9.17, 15) is 4.79 Å². The molecule has 0 spiro atoms. The van der Waals surface area contributed by atoms with Crippen molar-refractivity contribution in [1.29, 1.82) is 0 Å². The molecule has 0 saturated heterocycles. The SMILES string of the molecule is Cc1ccc(-c2nnc(S[C@@H](C)C(=O)Nc3cc(C)no3)n2C)cc1. The molecule has 3 aromatic rings. The van der Waals surface area contributed by atoms with Crippen LogP contribution in [0.4, 0.5) is 5.88 Å². The molecular formula is C17H19N5O2S. The molecule has 2 heterocycles. The lowest BCUT2D eigenvalue weighted by molar-refractivity contribution is -0.115. The van der Waals surface area contributed by atoms with Crippen molar-refractivity contribution in [2.24, 2.45) is 7.05 Å². The fraction of sp³-hybridized carbons (Fsp3) is 0.294. The van der Waals surface area contributed by atoms with E-state index in [1.807, 2.05) is 49.7 Å². The van der Waals surface area contributed by atoms with Crippen LogP contribution in [0.5, 0.6) is 0 Å². The summed E-state index contributed by atoms with van der Waals surface area (Å²) < 4.78 is 6.89. The summed E-state index contributed by atoms with van der Waals surface area (Å²) in [6.07, 6.45) is 0. The summed E-state index contributed by atoms with van der Waals surface area (Å²) in [5.41, 5.74) is 2.89. The summed E-state index contributed by atoms with van der Waals surface area (Å²) in [5, 5.41) is 15.2. The first-order valence-electron chi connectivity index (χ1n) is 7.81. The van der Waals surface area contributed by atoms with E-state index in [0.717, 1.165) is 11.4 Å². The summed E-state index contributed by atoms with van der Waals surface area (Å²) in [6.45, 7) is 5.64. The third-order valence-corrected chi connectivity index (χ3v) is 4.80. The van der Waals surface area contributed by atoms with Crippen LogP contribution in [0.15, 0.2) is 40.0 Å². The van der Waals surface area contributed by atoms with Gasteiger partial charge in [0.1, 0.15) is 0 Å². The lowest BCUT2D eigenvalue weighted by Gasteiger charge is -2.10. The van der Waals surface area contributed by atoms with Crippen LogP contribution >= 0.6 is 11.8 Å². The molecule has 0 aliphatic heterocycles. The Hall–Kier alpha value is -2.61. The topological polar surface area (TPSA) is 85.8 Å². The normalized spacial score (nSPS) is 12.2. The van der Waals surface area contributed by atoms with E-state index in [1.165, 1.54) is 17.3 Å². The fourth-order valence-corrected chi connectivity index (χ4v) is 3.04. The van der Waals surface area contributed by atoms with Gasteiger partial charge >= 0.3 is 0 Å². The summed E-state index contributed by atoms with van der Waals surface area (Å²) >= 11 is 1.34. The first kappa shape index (κ1) is 17.2. The molecule has 0 bridgehead atoms. The molecule has 0 aliphatic carbocycles. The standard InChI is InChI=1S/C17H19N5O2S/c1-10-5-7-13(8-6-10)15-19-20-17(22(15)4)25-12(3)16(23)18-14-9-11(2)21-24-14/h5-9,12H,1-4H3,(H,18,23)/t12-/m0/s1. The highest BCUT2D eigenvalue weighted by Gasteiger charge is 2.20. The number of benzene rings is 1. The van der Waals surface area contributed by atoms with E-state index < -0.39 is 0 Å². The smallest absolute Gasteiger partial charge is 0.240 e. The number of aromatic nitrogens is 4.